The number of nitrogens with zero attached hydrogens (tertiary/aromatic N) is 4. The molecule has 0 atom stereocenters. The zero-order chi connectivity index (χ0) is 18.2. The molecule has 0 saturated heterocycles. The lowest BCUT2D eigenvalue weighted by atomic mass is 10.0. The highest BCUT2D eigenvalue weighted by molar-refractivity contribution is 6.13. The summed E-state index contributed by atoms with van der Waals surface area (Å²) in [5.74, 6) is 0. The summed E-state index contributed by atoms with van der Waals surface area (Å²) in [6, 6.07) is 19.2. The van der Waals surface area contributed by atoms with Crippen LogP contribution in [0.3, 0.4) is 0 Å². The van der Waals surface area contributed by atoms with Gasteiger partial charge < -0.3 is 0 Å². The van der Waals surface area contributed by atoms with Crippen molar-refractivity contribution in [3.8, 4) is 11.1 Å². The van der Waals surface area contributed by atoms with Crippen LogP contribution in [-0.4, -0.2) is 19.4 Å². The van der Waals surface area contributed by atoms with E-state index in [1.54, 1.807) is 0 Å². The number of aromatic nitrogens is 4. The number of hydrogen-bond acceptors (Lipinski definition) is 3. The molecule has 4 heteroatoms. The lowest BCUT2D eigenvalue weighted by molar-refractivity contribution is 1.25. The third-order valence-electron chi connectivity index (χ3n) is 5.93. The normalized spacial score (nSPS) is 12.9. The first-order valence-electron chi connectivity index (χ1n) is 9.43. The topological polar surface area (TPSA) is 43.1 Å². The maximum Gasteiger partial charge on any atom is 0.165 e. The number of pyridine rings is 3. The van der Waals surface area contributed by atoms with Crippen LogP contribution in [-0.2, 0) is 6.42 Å². The van der Waals surface area contributed by atoms with Gasteiger partial charge in [0, 0.05) is 28.7 Å². The second kappa shape index (κ2) is 4.93. The Hall–Kier alpha value is -3.79. The van der Waals surface area contributed by atoms with Crippen molar-refractivity contribution in [2.75, 3.05) is 0 Å². The molecule has 2 aromatic carbocycles. The zero-order valence-corrected chi connectivity index (χ0v) is 14.9. The highest BCUT2D eigenvalue weighted by Gasteiger charge is 2.24. The molecule has 0 aliphatic heterocycles. The predicted octanol–water partition coefficient (Wildman–Crippen LogP) is 5.16. The minimum Gasteiger partial charge on any atom is -0.289 e. The van der Waals surface area contributed by atoms with E-state index in [1.165, 1.54) is 22.3 Å². The van der Waals surface area contributed by atoms with Crippen LogP contribution < -0.4 is 0 Å². The van der Waals surface area contributed by atoms with Gasteiger partial charge in [-0.05, 0) is 41.3 Å². The second-order valence-corrected chi connectivity index (χ2v) is 7.36. The Labute approximate surface area is 160 Å². The molecule has 0 fully saturated rings. The number of benzene rings is 2. The third kappa shape index (κ3) is 1.63. The van der Waals surface area contributed by atoms with Gasteiger partial charge in [-0.3, -0.25) is 14.4 Å². The SMILES string of the molecule is c1ccc2c(c1)Cc1ccc3c(nc4c5ncccc5c5ccncc5n34)c1-2. The predicted molar refractivity (Wildman–Crippen MR) is 112 cm³/mol. The van der Waals surface area contributed by atoms with Gasteiger partial charge in [-0.1, -0.05) is 36.4 Å². The van der Waals surface area contributed by atoms with E-state index in [9.17, 15) is 0 Å². The second-order valence-electron chi connectivity index (χ2n) is 7.36. The van der Waals surface area contributed by atoms with E-state index in [4.69, 9.17) is 4.98 Å². The highest BCUT2D eigenvalue weighted by atomic mass is 15.0. The Morgan fingerprint density at radius 2 is 1.71 bits per heavy atom. The number of fused-ring (bicyclic) bond motifs is 12. The van der Waals surface area contributed by atoms with Crippen molar-refractivity contribution in [2.45, 2.75) is 6.42 Å². The Morgan fingerprint density at radius 1 is 0.750 bits per heavy atom. The molecule has 4 aromatic heterocycles. The summed E-state index contributed by atoms with van der Waals surface area (Å²) >= 11 is 0. The molecule has 0 radical (unpaired) electrons. The van der Waals surface area contributed by atoms with Gasteiger partial charge in [-0.25, -0.2) is 4.98 Å². The molecule has 130 valence electrons. The molecule has 0 spiro atoms. The average molecular weight is 358 g/mol. The van der Waals surface area contributed by atoms with Crippen molar-refractivity contribution in [2.24, 2.45) is 0 Å². The Bertz CT molecular complexity index is 1590. The highest BCUT2D eigenvalue weighted by Crippen LogP contribution is 2.42. The van der Waals surface area contributed by atoms with Crippen molar-refractivity contribution < 1.29 is 0 Å². The molecular weight excluding hydrogens is 344 g/mol. The summed E-state index contributed by atoms with van der Waals surface area (Å²) in [6.07, 6.45) is 6.58. The molecule has 0 bridgehead atoms. The van der Waals surface area contributed by atoms with Gasteiger partial charge in [0.15, 0.2) is 5.65 Å². The van der Waals surface area contributed by atoms with E-state index in [0.29, 0.717) is 0 Å². The fourth-order valence-corrected chi connectivity index (χ4v) is 4.75. The summed E-state index contributed by atoms with van der Waals surface area (Å²) in [6.45, 7) is 0. The van der Waals surface area contributed by atoms with Gasteiger partial charge in [-0.15, -0.1) is 0 Å². The maximum atomic E-state index is 5.14. The van der Waals surface area contributed by atoms with Crippen molar-refractivity contribution in [1.82, 2.24) is 19.4 Å². The molecule has 6 aromatic rings. The molecule has 0 amide bonds. The maximum absolute atomic E-state index is 5.14. The molecule has 1 aliphatic rings. The van der Waals surface area contributed by atoms with Crippen LogP contribution in [0.2, 0.25) is 0 Å². The van der Waals surface area contributed by atoms with Gasteiger partial charge in [-0.2, -0.15) is 0 Å². The fraction of sp³-hybridized carbons (Fsp3) is 0.0417. The van der Waals surface area contributed by atoms with E-state index in [1.807, 2.05) is 24.7 Å². The minimum atomic E-state index is 0.892. The number of hydrogen-bond donors (Lipinski definition) is 0. The summed E-state index contributed by atoms with van der Waals surface area (Å²) in [5, 5.41) is 2.26. The molecule has 0 unspecified atom stereocenters. The van der Waals surface area contributed by atoms with E-state index in [-0.39, 0.29) is 0 Å². The lowest BCUT2D eigenvalue weighted by Gasteiger charge is -2.07. The first-order valence-corrected chi connectivity index (χ1v) is 9.43. The quantitative estimate of drug-likeness (QED) is 0.352. The summed E-state index contributed by atoms with van der Waals surface area (Å²) in [7, 11) is 0. The van der Waals surface area contributed by atoms with Gasteiger partial charge in [0.25, 0.3) is 0 Å². The van der Waals surface area contributed by atoms with Crippen LogP contribution in [0.1, 0.15) is 11.1 Å². The van der Waals surface area contributed by atoms with Crippen molar-refractivity contribution in [3.63, 3.8) is 0 Å². The van der Waals surface area contributed by atoms with Crippen LogP contribution in [0.25, 0.3) is 49.6 Å². The molecular formula is C24H14N4. The molecule has 0 saturated carbocycles. The summed E-state index contributed by atoms with van der Waals surface area (Å²) < 4.78 is 2.22. The van der Waals surface area contributed by atoms with Crippen molar-refractivity contribution in [3.05, 3.63) is 84.3 Å². The standard InChI is InChI=1S/C24H14N4/c1-2-5-16-14(4-1)12-15-7-8-19-23(21(15)16)27-24-22-18(6-3-10-26-22)17-9-11-25-13-20(17)28(19)24/h1-11,13H,12H2. The lowest BCUT2D eigenvalue weighted by Crippen LogP contribution is -1.93. The van der Waals surface area contributed by atoms with Crippen molar-refractivity contribution in [1.29, 1.82) is 0 Å². The van der Waals surface area contributed by atoms with E-state index in [0.717, 1.165) is 44.9 Å². The van der Waals surface area contributed by atoms with Crippen LogP contribution in [0.5, 0.6) is 0 Å². The Balaban J connectivity index is 1.77. The molecule has 4 nitrogen and oxygen atoms in total. The first kappa shape index (κ1) is 14.3. The Morgan fingerprint density at radius 3 is 2.71 bits per heavy atom. The molecule has 1 aliphatic carbocycles. The van der Waals surface area contributed by atoms with Crippen LogP contribution >= 0.6 is 0 Å². The van der Waals surface area contributed by atoms with E-state index >= 15 is 0 Å². The van der Waals surface area contributed by atoms with Crippen LogP contribution in [0.15, 0.2) is 73.2 Å². The van der Waals surface area contributed by atoms with Gasteiger partial charge in [0.05, 0.1) is 22.7 Å². The third-order valence-corrected chi connectivity index (χ3v) is 5.93. The monoisotopic (exact) mass is 358 g/mol. The minimum absolute atomic E-state index is 0.892. The van der Waals surface area contributed by atoms with Gasteiger partial charge >= 0.3 is 0 Å². The van der Waals surface area contributed by atoms with E-state index < -0.39 is 0 Å². The summed E-state index contributed by atoms with van der Waals surface area (Å²) in [4.78, 5) is 14.2. The number of imidazole rings is 1. The zero-order valence-electron chi connectivity index (χ0n) is 14.9. The van der Waals surface area contributed by atoms with Crippen molar-refractivity contribution >= 4 is 38.5 Å². The van der Waals surface area contributed by atoms with Gasteiger partial charge in [0.2, 0.25) is 0 Å². The van der Waals surface area contributed by atoms with Crippen LogP contribution in [0.4, 0.5) is 0 Å². The molecule has 0 N–H and O–H groups in total. The molecule has 7 rings (SSSR count). The van der Waals surface area contributed by atoms with E-state index in [2.05, 4.69) is 62.9 Å². The average Bonchev–Trinajstić information content (AvgIpc) is 3.32. The largest absolute Gasteiger partial charge is 0.289 e. The Kier molecular flexibility index (Phi) is 2.51. The molecule has 4 heterocycles. The number of rotatable bonds is 0. The van der Waals surface area contributed by atoms with Crippen LogP contribution in [0, 0.1) is 0 Å². The first-order chi connectivity index (χ1) is 13.9. The smallest absolute Gasteiger partial charge is 0.165 e. The molecule has 28 heavy (non-hydrogen) atoms. The van der Waals surface area contributed by atoms with Gasteiger partial charge in [0.1, 0.15) is 5.52 Å². The fourth-order valence-electron chi connectivity index (χ4n) is 4.75. The summed E-state index contributed by atoms with van der Waals surface area (Å²) in [5.41, 5.74) is 10.3.